The third-order valence-electron chi connectivity index (χ3n) is 25.5. The van der Waals surface area contributed by atoms with Gasteiger partial charge in [0.25, 0.3) is 0 Å². The van der Waals surface area contributed by atoms with Gasteiger partial charge in [-0.05, 0) is 153 Å². The maximum absolute atomic E-state index is 15.8. The molecule has 5 heterocycles. The Balaban J connectivity index is 1.10. The summed E-state index contributed by atoms with van der Waals surface area (Å²) in [6.45, 7) is 5.20. The van der Waals surface area contributed by atoms with Crippen LogP contribution in [-0.4, -0.2) is 300 Å². The van der Waals surface area contributed by atoms with Crippen LogP contribution in [0.25, 0.3) is 0 Å². The van der Waals surface area contributed by atoms with Crippen LogP contribution < -0.4 is 16.0 Å². The molecule has 0 radical (unpaired) electrons. The molecular weight excluding hydrogens is 1470 g/mol. The summed E-state index contributed by atoms with van der Waals surface area (Å²) >= 11 is 0. The van der Waals surface area contributed by atoms with Gasteiger partial charge in [-0.15, -0.1) is 0 Å². The molecule has 4 bridgehead atoms. The number of likely N-dealkylation sites (N-methyl/N-ethyl adjacent to an activating group) is 6. The summed E-state index contributed by atoms with van der Waals surface area (Å²) in [5.41, 5.74) is -1.70. The van der Waals surface area contributed by atoms with E-state index in [1.165, 1.54) is 57.0 Å². The lowest BCUT2D eigenvalue weighted by molar-refractivity contribution is -0.219. The number of hydrogen-bond acceptors (Lipinski definition) is 14. The maximum Gasteiger partial charge on any atom is 0.397 e. The molecule has 9 rings (SSSR count). The van der Waals surface area contributed by atoms with E-state index < -0.39 is 230 Å². The van der Waals surface area contributed by atoms with Crippen molar-refractivity contribution in [1.82, 2.24) is 60.0 Å². The number of halogens is 8. The fourth-order valence-electron chi connectivity index (χ4n) is 18.5. The topological polar surface area (TPSA) is 289 Å². The van der Waals surface area contributed by atoms with Crippen LogP contribution in [0.4, 0.5) is 35.1 Å². The normalized spacial score (nSPS) is 34.0. The van der Waals surface area contributed by atoms with Crippen molar-refractivity contribution < 1.29 is 102 Å². The van der Waals surface area contributed by atoms with Gasteiger partial charge in [-0.3, -0.25) is 57.5 Å². The van der Waals surface area contributed by atoms with Gasteiger partial charge in [0.05, 0.1) is 43.7 Å². The number of ether oxygens (including phenoxy) is 2. The molecule has 1 spiro atoms. The lowest BCUT2D eigenvalue weighted by Crippen LogP contribution is -2.68. The second kappa shape index (κ2) is 37.3. The number of rotatable bonds is 12. The summed E-state index contributed by atoms with van der Waals surface area (Å²) in [6.07, 6.45) is -12.6. The zero-order chi connectivity index (χ0) is 81.5. The van der Waals surface area contributed by atoms with Gasteiger partial charge in [0.2, 0.25) is 70.9 Å². The minimum Gasteiger partial charge on any atom is -0.377 e. The predicted molar refractivity (Wildman–Crippen MR) is 388 cm³/mol. The first-order valence-corrected chi connectivity index (χ1v) is 40.0. The van der Waals surface area contributed by atoms with E-state index in [9.17, 15) is 45.5 Å². The number of nitrogens with zero attached hydrogens (tertiary/aromatic N) is 9. The molecule has 624 valence electrons. The number of fused-ring (bicyclic) bond motifs is 5. The van der Waals surface area contributed by atoms with Crippen LogP contribution in [0.1, 0.15) is 182 Å². The van der Waals surface area contributed by atoms with Gasteiger partial charge in [-0.1, -0.05) is 52.2 Å². The lowest BCUT2D eigenvalue weighted by atomic mass is 9.74. The Morgan fingerprint density at radius 1 is 0.622 bits per heavy atom. The molecular formula is C77H116F8N12O14. The molecule has 0 aromatic carbocycles. The van der Waals surface area contributed by atoms with E-state index in [2.05, 4.69) is 16.0 Å². The van der Waals surface area contributed by atoms with E-state index in [-0.39, 0.29) is 122 Å². The molecule has 4 saturated carbocycles. The largest absolute Gasteiger partial charge is 0.397 e. The molecule has 4 saturated heterocycles. The van der Waals surface area contributed by atoms with E-state index in [1.54, 1.807) is 44.7 Å². The van der Waals surface area contributed by atoms with Gasteiger partial charge in [-0.2, -0.15) is 26.3 Å². The van der Waals surface area contributed by atoms with E-state index in [0.29, 0.717) is 51.4 Å². The summed E-state index contributed by atoms with van der Waals surface area (Å²) < 4.78 is 128. The number of carbonyl (C=O) groups is 12. The highest BCUT2D eigenvalue weighted by Crippen LogP contribution is 2.46. The molecule has 12 amide bonds. The number of likely N-dealkylation sites (tertiary alicyclic amines) is 1. The van der Waals surface area contributed by atoms with Crippen molar-refractivity contribution in [2.24, 2.45) is 35.5 Å². The molecule has 8 fully saturated rings. The van der Waals surface area contributed by atoms with E-state index >= 15 is 47.1 Å². The lowest BCUT2D eigenvalue weighted by Gasteiger charge is -2.47. The Morgan fingerprint density at radius 2 is 1.25 bits per heavy atom. The monoisotopic (exact) mass is 1580 g/mol. The highest BCUT2D eigenvalue weighted by Gasteiger charge is 2.57. The molecule has 4 unspecified atom stereocenters. The number of morpholine rings is 1. The summed E-state index contributed by atoms with van der Waals surface area (Å²) in [4.78, 5) is 193. The van der Waals surface area contributed by atoms with E-state index in [4.69, 9.17) is 9.47 Å². The Hall–Kier alpha value is -7.26. The molecule has 0 aromatic rings. The highest BCUT2D eigenvalue weighted by atomic mass is 19.4. The molecule has 5 aliphatic heterocycles. The Labute approximate surface area is 645 Å². The second-order valence-corrected chi connectivity index (χ2v) is 32.9. The molecule has 34 heteroatoms. The van der Waals surface area contributed by atoms with Crippen molar-refractivity contribution in [1.29, 1.82) is 0 Å². The Bertz CT molecular complexity index is 3370. The van der Waals surface area contributed by atoms with Gasteiger partial charge >= 0.3 is 12.4 Å². The average molecular weight is 1590 g/mol. The van der Waals surface area contributed by atoms with Crippen molar-refractivity contribution >= 4 is 70.9 Å². The molecule has 3 N–H and O–H groups in total. The van der Waals surface area contributed by atoms with Crippen LogP contribution in [0.2, 0.25) is 0 Å². The summed E-state index contributed by atoms with van der Waals surface area (Å²) in [5.74, 6) is -16.7. The van der Waals surface area contributed by atoms with Gasteiger partial charge in [0.1, 0.15) is 72.1 Å². The standard InChI is InChI=1S/C77H116F8N12O14/c1-11-44(4)64-72(107)90(6)43-62(100)92(8)56-22-15-14-18-33-96(71(56)106)59(36-45-23-26-48(27-24-45)76(80,81)82)69(104)89(5)42-60(98)86-54(30-25-46-34-52(78)63(53(79)35-46)77(83,84)85)68(103)97-41-51(110-13-3)37-57(97)67(102)88-75(31-19-32-75)74(109)94(10)65(47-20-16-17-21-47)73(108)93(9)58(38-61(99)91(7)55(12-2)66(101)87-64)70(105)95-39-49-28-29-50(40-95)111-49/h14-15,44-59,63-65H,11-13,16-43H2,1-10H3,(H,86,98)(H,87,101)(H,88,102)/b15-14-/t44-,45?,46?,48?,49?,50?,51+,52?,53?,54-,55-,56-,57-,58-,59-,63?,64-,65-/m0/s1. The van der Waals surface area contributed by atoms with Gasteiger partial charge in [-0.25, -0.2) is 8.78 Å². The summed E-state index contributed by atoms with van der Waals surface area (Å²) in [5, 5.41) is 8.42. The summed E-state index contributed by atoms with van der Waals surface area (Å²) in [7, 11) is 8.05. The molecule has 4 aliphatic carbocycles. The van der Waals surface area contributed by atoms with Crippen molar-refractivity contribution in [2.45, 2.75) is 279 Å². The third-order valence-corrected chi connectivity index (χ3v) is 25.5. The predicted octanol–water partition coefficient (Wildman–Crippen LogP) is 6.02. The number of alkyl halides is 8. The van der Waals surface area contributed by atoms with Crippen LogP contribution >= 0.6 is 0 Å². The fraction of sp³-hybridized carbons (Fsp3) is 0.818. The molecule has 9 aliphatic rings. The van der Waals surface area contributed by atoms with Gasteiger partial charge in [0.15, 0.2) is 0 Å². The van der Waals surface area contributed by atoms with Crippen LogP contribution in [0.3, 0.4) is 0 Å². The maximum atomic E-state index is 15.8. The van der Waals surface area contributed by atoms with Crippen LogP contribution in [0, 0.1) is 35.5 Å². The number of amides is 12. The van der Waals surface area contributed by atoms with Crippen molar-refractivity contribution in [3.05, 3.63) is 12.2 Å². The van der Waals surface area contributed by atoms with Crippen molar-refractivity contribution in [3.8, 4) is 0 Å². The smallest absolute Gasteiger partial charge is 0.377 e. The van der Waals surface area contributed by atoms with Crippen LogP contribution in [0.5, 0.6) is 0 Å². The third kappa shape index (κ3) is 20.5. The number of nitrogens with one attached hydrogen (secondary N) is 3. The SMILES string of the molecule is CCO[C@@H]1C[C@H]2C(=O)NC3(CCC3)C(=O)N(C)[C@@H](C3CCCC3)C(=O)N(C)[C@H](C(=O)N3CC4CCC(C3)O4)CC(=O)N(C)[C@@H](CC)C(=O)N[C@@H]([C@@H](C)CC)C(=O)N(C)CC(=O)N(C)[C@H]3C/C=C\CCN(C3=O)[C@@H](CC3CCC(C(F)(F)F)CC3)C(=O)N(C)CC(=O)N[C@@H](CCC3CC(F)C(C(F)(F)F)C(F)C3)C(=O)N2C1. The van der Waals surface area contributed by atoms with Crippen molar-refractivity contribution in [2.75, 3.05) is 88.2 Å². The first-order chi connectivity index (χ1) is 52.3. The first-order valence-electron chi connectivity index (χ1n) is 40.0. The average Bonchev–Trinajstić information content (AvgIpc) is 1.72. The highest BCUT2D eigenvalue weighted by molar-refractivity contribution is 6.01. The minimum absolute atomic E-state index is 0.00349. The van der Waals surface area contributed by atoms with Crippen LogP contribution in [-0.2, 0) is 67.0 Å². The van der Waals surface area contributed by atoms with Crippen molar-refractivity contribution in [3.63, 3.8) is 0 Å². The molecule has 14 atom stereocenters. The second-order valence-electron chi connectivity index (χ2n) is 32.9. The zero-order valence-electron chi connectivity index (χ0n) is 65.8. The zero-order valence-corrected chi connectivity index (χ0v) is 65.8. The quantitative estimate of drug-likeness (QED) is 0.149. The minimum atomic E-state index is -5.22. The Morgan fingerprint density at radius 3 is 1.83 bits per heavy atom. The number of carbonyl (C=O) groups excluding carboxylic acids is 12. The molecule has 0 aromatic heterocycles. The Kier molecular flexibility index (Phi) is 29.5. The van der Waals surface area contributed by atoms with Gasteiger partial charge < -0.3 is 69.5 Å². The molecule has 111 heavy (non-hydrogen) atoms. The first kappa shape index (κ1) is 87.7. The van der Waals surface area contributed by atoms with E-state index in [1.807, 2.05) is 0 Å². The summed E-state index contributed by atoms with van der Waals surface area (Å²) in [6, 6.07) is -11.4. The fourth-order valence-corrected chi connectivity index (χ4v) is 18.5. The number of hydrogen-bond donors (Lipinski definition) is 3. The molecule has 26 nitrogen and oxygen atoms in total. The van der Waals surface area contributed by atoms with Crippen LogP contribution in [0.15, 0.2) is 12.2 Å². The van der Waals surface area contributed by atoms with E-state index in [0.717, 1.165) is 24.5 Å². The van der Waals surface area contributed by atoms with Gasteiger partial charge in [0, 0.05) is 81.5 Å².